The van der Waals surface area contributed by atoms with Crippen LogP contribution in [0.3, 0.4) is 0 Å². The molecule has 0 fully saturated rings. The molecule has 0 aliphatic rings. The first-order valence-electron chi connectivity index (χ1n) is 8.36. The molecule has 136 valence electrons. The Morgan fingerprint density at radius 2 is 1.96 bits per heavy atom. The zero-order valence-electron chi connectivity index (χ0n) is 14.9. The number of benzene rings is 1. The Morgan fingerprint density at radius 1 is 1.20 bits per heavy atom. The number of aromatic nitrogens is 1. The molecule has 7 heteroatoms. The summed E-state index contributed by atoms with van der Waals surface area (Å²) in [7, 11) is 0. The highest BCUT2D eigenvalue weighted by molar-refractivity contribution is 5.80. The molecule has 0 amide bonds. The van der Waals surface area contributed by atoms with Gasteiger partial charge in [-0.15, -0.1) is 0 Å². The van der Waals surface area contributed by atoms with Crippen molar-refractivity contribution < 1.29 is 13.3 Å². The average Bonchev–Trinajstić information content (AvgIpc) is 3.04. The van der Waals surface area contributed by atoms with Crippen LogP contribution in [-0.2, 0) is 6.54 Å². The van der Waals surface area contributed by atoms with Gasteiger partial charge in [-0.1, -0.05) is 25.1 Å². The van der Waals surface area contributed by atoms with Crippen LogP contribution in [0.5, 0.6) is 0 Å². The normalized spacial score (nSPS) is 13.2. The zero-order valence-corrected chi connectivity index (χ0v) is 14.9. The van der Waals surface area contributed by atoms with Crippen LogP contribution in [0.4, 0.5) is 8.78 Å². The van der Waals surface area contributed by atoms with E-state index >= 15 is 0 Å². The van der Waals surface area contributed by atoms with Crippen molar-refractivity contribution in [3.8, 4) is 0 Å². The van der Waals surface area contributed by atoms with Gasteiger partial charge in [0.25, 0.3) is 0 Å². The molecule has 0 spiro atoms. The lowest BCUT2D eigenvalue weighted by Gasteiger charge is -2.18. The molecule has 1 aromatic carbocycles. The molecule has 2 aromatic rings. The highest BCUT2D eigenvalue weighted by Gasteiger charge is 2.12. The van der Waals surface area contributed by atoms with Crippen molar-refractivity contribution in [2.75, 3.05) is 6.54 Å². The highest BCUT2D eigenvalue weighted by atomic mass is 19.2. The Kier molecular flexibility index (Phi) is 6.50. The van der Waals surface area contributed by atoms with Crippen LogP contribution in [0.15, 0.2) is 33.8 Å². The summed E-state index contributed by atoms with van der Waals surface area (Å²) in [6, 6.07) is 5.49. The lowest BCUT2D eigenvalue weighted by atomic mass is 10.1. The predicted octanol–water partition coefficient (Wildman–Crippen LogP) is 3.89. The van der Waals surface area contributed by atoms with Gasteiger partial charge in [-0.05, 0) is 37.5 Å². The van der Waals surface area contributed by atoms with Crippen molar-refractivity contribution in [2.24, 2.45) is 4.99 Å². The van der Waals surface area contributed by atoms with Crippen molar-refractivity contribution in [1.29, 1.82) is 0 Å². The molecule has 1 unspecified atom stereocenters. The minimum absolute atomic E-state index is 0.242. The number of halogens is 2. The van der Waals surface area contributed by atoms with Crippen LogP contribution in [0.2, 0.25) is 0 Å². The van der Waals surface area contributed by atoms with E-state index in [2.05, 4.69) is 20.8 Å². The molecule has 2 N–H and O–H groups in total. The molecule has 0 saturated carbocycles. The smallest absolute Gasteiger partial charge is 0.192 e. The van der Waals surface area contributed by atoms with Gasteiger partial charge < -0.3 is 15.2 Å². The first-order chi connectivity index (χ1) is 11.9. The number of aliphatic imine (C=N–C) groups is 1. The molecule has 0 aliphatic heterocycles. The third-order valence-corrected chi connectivity index (χ3v) is 3.70. The van der Waals surface area contributed by atoms with Crippen molar-refractivity contribution in [3.63, 3.8) is 0 Å². The maximum absolute atomic E-state index is 13.4. The van der Waals surface area contributed by atoms with Crippen LogP contribution in [-0.4, -0.2) is 17.7 Å². The number of nitrogens with zero attached hydrogens (tertiary/aromatic N) is 2. The van der Waals surface area contributed by atoms with Crippen LogP contribution >= 0.6 is 0 Å². The second kappa shape index (κ2) is 8.60. The molecule has 0 saturated heterocycles. The number of nitrogens with one attached hydrogen (secondary N) is 2. The number of hydrogen-bond donors (Lipinski definition) is 2. The first-order valence-corrected chi connectivity index (χ1v) is 8.36. The molecular weight excluding hydrogens is 326 g/mol. The molecule has 25 heavy (non-hydrogen) atoms. The molecule has 2 rings (SSSR count). The predicted molar refractivity (Wildman–Crippen MR) is 93.3 cm³/mol. The molecular formula is C18H24F2N4O. The van der Waals surface area contributed by atoms with Crippen molar-refractivity contribution in [3.05, 3.63) is 52.9 Å². The lowest BCUT2D eigenvalue weighted by Crippen LogP contribution is -2.38. The van der Waals surface area contributed by atoms with Crippen molar-refractivity contribution in [2.45, 2.75) is 46.2 Å². The van der Waals surface area contributed by atoms with E-state index in [1.54, 1.807) is 6.07 Å². The minimum atomic E-state index is -0.865. The standard InChI is InChI=1S/C18H24F2N4O/c1-5-21-18(22-10-14-9-17(11(2)3)24-25-14)23-12(4)13-6-7-15(19)16(20)8-13/h6-9,11-12H,5,10H2,1-4H3,(H2,21,22,23). The molecule has 1 atom stereocenters. The van der Waals surface area contributed by atoms with Gasteiger partial charge in [0.05, 0.1) is 11.7 Å². The maximum Gasteiger partial charge on any atom is 0.192 e. The van der Waals surface area contributed by atoms with E-state index in [-0.39, 0.29) is 6.04 Å². The van der Waals surface area contributed by atoms with Crippen LogP contribution in [0.25, 0.3) is 0 Å². The monoisotopic (exact) mass is 350 g/mol. The van der Waals surface area contributed by atoms with E-state index in [0.717, 1.165) is 11.8 Å². The Balaban J connectivity index is 2.06. The highest BCUT2D eigenvalue weighted by Crippen LogP contribution is 2.16. The summed E-state index contributed by atoms with van der Waals surface area (Å²) >= 11 is 0. The molecule has 0 aliphatic carbocycles. The first kappa shape index (κ1) is 18.9. The largest absolute Gasteiger partial charge is 0.359 e. The van der Waals surface area contributed by atoms with Gasteiger partial charge >= 0.3 is 0 Å². The van der Waals surface area contributed by atoms with Crippen LogP contribution < -0.4 is 10.6 Å². The number of guanidine groups is 1. The molecule has 0 radical (unpaired) electrons. The van der Waals surface area contributed by atoms with Gasteiger partial charge in [0.15, 0.2) is 23.4 Å². The van der Waals surface area contributed by atoms with Gasteiger partial charge in [-0.25, -0.2) is 13.8 Å². The Morgan fingerprint density at radius 3 is 2.56 bits per heavy atom. The summed E-state index contributed by atoms with van der Waals surface area (Å²) in [6.07, 6.45) is 0. The SMILES string of the molecule is CCNC(=NCc1cc(C(C)C)no1)NC(C)c1ccc(F)c(F)c1. The second-order valence-corrected chi connectivity index (χ2v) is 6.11. The van der Waals surface area contributed by atoms with Crippen LogP contribution in [0, 0.1) is 11.6 Å². The minimum Gasteiger partial charge on any atom is -0.359 e. The van der Waals surface area contributed by atoms with Crippen molar-refractivity contribution >= 4 is 5.96 Å². The number of rotatable bonds is 6. The van der Waals surface area contributed by atoms with Gasteiger partial charge in [0.1, 0.15) is 6.54 Å². The summed E-state index contributed by atoms with van der Waals surface area (Å²) in [5.41, 5.74) is 1.52. The molecule has 1 aromatic heterocycles. The molecule has 1 heterocycles. The third-order valence-electron chi connectivity index (χ3n) is 3.70. The second-order valence-electron chi connectivity index (χ2n) is 6.11. The van der Waals surface area contributed by atoms with Gasteiger partial charge in [-0.2, -0.15) is 0 Å². The summed E-state index contributed by atoms with van der Waals surface area (Å²) < 4.78 is 31.7. The fourth-order valence-electron chi connectivity index (χ4n) is 2.22. The van der Waals surface area contributed by atoms with E-state index in [9.17, 15) is 8.78 Å². The summed E-state index contributed by atoms with van der Waals surface area (Å²) in [4.78, 5) is 4.45. The van der Waals surface area contributed by atoms with E-state index in [1.807, 2.05) is 33.8 Å². The topological polar surface area (TPSA) is 62.5 Å². The number of hydrogen-bond acceptors (Lipinski definition) is 3. The summed E-state index contributed by atoms with van der Waals surface area (Å²) in [6.45, 7) is 8.89. The Hall–Kier alpha value is -2.44. The fraction of sp³-hybridized carbons (Fsp3) is 0.444. The van der Waals surface area contributed by atoms with E-state index in [1.165, 1.54) is 6.07 Å². The Labute approximate surface area is 146 Å². The summed E-state index contributed by atoms with van der Waals surface area (Å²) in [5.74, 6) is -0.205. The van der Waals surface area contributed by atoms with E-state index in [4.69, 9.17) is 4.52 Å². The lowest BCUT2D eigenvalue weighted by molar-refractivity contribution is 0.376. The summed E-state index contributed by atoms with van der Waals surface area (Å²) in [5, 5.41) is 10.3. The zero-order chi connectivity index (χ0) is 18.4. The molecule has 5 nitrogen and oxygen atoms in total. The van der Waals surface area contributed by atoms with Gasteiger partial charge in [0.2, 0.25) is 0 Å². The Bertz CT molecular complexity index is 728. The van der Waals surface area contributed by atoms with Gasteiger partial charge in [-0.3, -0.25) is 0 Å². The molecule has 0 bridgehead atoms. The van der Waals surface area contributed by atoms with Crippen molar-refractivity contribution in [1.82, 2.24) is 15.8 Å². The average molecular weight is 350 g/mol. The maximum atomic E-state index is 13.4. The van der Waals surface area contributed by atoms with E-state index in [0.29, 0.717) is 36.3 Å². The van der Waals surface area contributed by atoms with E-state index < -0.39 is 11.6 Å². The van der Waals surface area contributed by atoms with Gasteiger partial charge in [0, 0.05) is 12.6 Å². The third kappa shape index (κ3) is 5.27. The fourth-order valence-corrected chi connectivity index (χ4v) is 2.22. The van der Waals surface area contributed by atoms with Crippen LogP contribution in [0.1, 0.15) is 56.7 Å². The quantitative estimate of drug-likeness (QED) is 0.613.